The average molecular weight is 354 g/mol. The van der Waals surface area contributed by atoms with Crippen molar-refractivity contribution < 1.29 is 14.3 Å². The first-order valence-corrected chi connectivity index (χ1v) is 8.44. The van der Waals surface area contributed by atoms with Crippen molar-refractivity contribution in [3.05, 3.63) is 59.2 Å². The standard InChI is InChI=1S/C21H26N2O3/c1-14(16-9-12-18(25-5)19(13-16)26-6)22-23-20(24)15-7-10-17(11-8-15)21(2,3)4/h7-13H,1-6H3,(H,23,24). The van der Waals surface area contributed by atoms with Crippen molar-refractivity contribution in [2.45, 2.75) is 33.1 Å². The minimum absolute atomic E-state index is 0.0527. The molecule has 0 aromatic heterocycles. The highest BCUT2D eigenvalue weighted by Gasteiger charge is 2.14. The molecule has 5 nitrogen and oxygen atoms in total. The molecule has 0 atom stereocenters. The van der Waals surface area contributed by atoms with Crippen molar-refractivity contribution in [1.82, 2.24) is 5.43 Å². The van der Waals surface area contributed by atoms with Crippen LogP contribution in [0.2, 0.25) is 0 Å². The molecule has 0 radical (unpaired) electrons. The molecule has 0 spiro atoms. The largest absolute Gasteiger partial charge is 0.493 e. The van der Waals surface area contributed by atoms with Crippen molar-refractivity contribution in [3.63, 3.8) is 0 Å². The molecule has 2 aromatic rings. The van der Waals surface area contributed by atoms with Crippen LogP contribution >= 0.6 is 0 Å². The quantitative estimate of drug-likeness (QED) is 0.648. The van der Waals surface area contributed by atoms with Crippen LogP contribution in [0.25, 0.3) is 0 Å². The van der Waals surface area contributed by atoms with Crippen molar-refractivity contribution in [3.8, 4) is 11.5 Å². The molecule has 0 fully saturated rings. The normalized spacial score (nSPS) is 11.8. The van der Waals surface area contributed by atoms with Crippen LogP contribution in [-0.4, -0.2) is 25.8 Å². The number of methoxy groups -OCH3 is 2. The van der Waals surface area contributed by atoms with E-state index in [2.05, 4.69) is 31.3 Å². The molecule has 0 aliphatic rings. The van der Waals surface area contributed by atoms with Gasteiger partial charge in [-0.25, -0.2) is 5.43 Å². The predicted molar refractivity (Wildman–Crippen MR) is 104 cm³/mol. The Hall–Kier alpha value is -2.82. The lowest BCUT2D eigenvalue weighted by Crippen LogP contribution is -2.20. The van der Waals surface area contributed by atoms with Gasteiger partial charge in [-0.15, -0.1) is 0 Å². The minimum atomic E-state index is -0.245. The summed E-state index contributed by atoms with van der Waals surface area (Å²) in [5.41, 5.74) is 5.91. The van der Waals surface area contributed by atoms with E-state index in [1.165, 1.54) is 5.56 Å². The van der Waals surface area contributed by atoms with Gasteiger partial charge in [0.25, 0.3) is 5.91 Å². The van der Waals surface area contributed by atoms with Gasteiger partial charge in [0.1, 0.15) is 0 Å². The third kappa shape index (κ3) is 4.63. The number of amides is 1. The molecule has 0 saturated carbocycles. The monoisotopic (exact) mass is 354 g/mol. The molecular weight excluding hydrogens is 328 g/mol. The van der Waals surface area contributed by atoms with Gasteiger partial charge in [-0.05, 0) is 48.2 Å². The van der Waals surface area contributed by atoms with Gasteiger partial charge in [0.2, 0.25) is 0 Å². The van der Waals surface area contributed by atoms with Crippen molar-refractivity contribution in [2.24, 2.45) is 5.10 Å². The Kier molecular flexibility index (Phi) is 6.03. The summed E-state index contributed by atoms with van der Waals surface area (Å²) in [5, 5.41) is 4.19. The smallest absolute Gasteiger partial charge is 0.271 e. The van der Waals surface area contributed by atoms with Gasteiger partial charge in [-0.3, -0.25) is 4.79 Å². The Labute approximate surface area is 155 Å². The number of hydrogen-bond donors (Lipinski definition) is 1. The van der Waals surface area contributed by atoms with Crippen LogP contribution in [-0.2, 0) is 5.41 Å². The van der Waals surface area contributed by atoms with E-state index < -0.39 is 0 Å². The minimum Gasteiger partial charge on any atom is -0.493 e. The zero-order valence-electron chi connectivity index (χ0n) is 16.2. The fraction of sp³-hybridized carbons (Fsp3) is 0.333. The van der Waals surface area contributed by atoms with Gasteiger partial charge in [0, 0.05) is 11.1 Å². The lowest BCUT2D eigenvalue weighted by Gasteiger charge is -2.18. The van der Waals surface area contributed by atoms with Crippen LogP contribution in [0, 0.1) is 0 Å². The fourth-order valence-corrected chi connectivity index (χ4v) is 2.45. The summed E-state index contributed by atoms with van der Waals surface area (Å²) in [6.45, 7) is 8.24. The van der Waals surface area contributed by atoms with Crippen LogP contribution < -0.4 is 14.9 Å². The van der Waals surface area contributed by atoms with E-state index in [4.69, 9.17) is 9.47 Å². The molecule has 0 saturated heterocycles. The number of ether oxygens (including phenoxy) is 2. The number of nitrogens with one attached hydrogen (secondary N) is 1. The van der Waals surface area contributed by atoms with E-state index in [9.17, 15) is 4.79 Å². The first-order valence-electron chi connectivity index (χ1n) is 8.44. The first-order chi connectivity index (χ1) is 12.3. The van der Waals surface area contributed by atoms with Gasteiger partial charge in [-0.1, -0.05) is 32.9 Å². The summed E-state index contributed by atoms with van der Waals surface area (Å²) < 4.78 is 10.5. The molecule has 1 amide bonds. The highest BCUT2D eigenvalue weighted by atomic mass is 16.5. The van der Waals surface area contributed by atoms with Crippen molar-refractivity contribution in [2.75, 3.05) is 14.2 Å². The maximum absolute atomic E-state index is 12.3. The highest BCUT2D eigenvalue weighted by molar-refractivity contribution is 6.01. The van der Waals surface area contributed by atoms with Crippen LogP contribution in [0.5, 0.6) is 11.5 Å². The molecule has 0 aliphatic heterocycles. The Morgan fingerprint density at radius 2 is 1.50 bits per heavy atom. The van der Waals surface area contributed by atoms with Crippen LogP contribution in [0.3, 0.4) is 0 Å². The zero-order valence-corrected chi connectivity index (χ0v) is 16.2. The van der Waals surface area contributed by atoms with Gasteiger partial charge >= 0.3 is 0 Å². The number of rotatable bonds is 5. The summed E-state index contributed by atoms with van der Waals surface area (Å²) in [4.78, 5) is 12.3. The number of hydrogen-bond acceptors (Lipinski definition) is 4. The van der Waals surface area contributed by atoms with E-state index in [0.29, 0.717) is 22.8 Å². The zero-order chi connectivity index (χ0) is 19.3. The number of carbonyl (C=O) groups is 1. The second-order valence-electron chi connectivity index (χ2n) is 7.04. The number of benzene rings is 2. The number of nitrogens with zero attached hydrogens (tertiary/aromatic N) is 1. The van der Waals surface area contributed by atoms with Gasteiger partial charge in [0.05, 0.1) is 19.9 Å². The molecule has 1 N–H and O–H groups in total. The Bertz CT molecular complexity index is 803. The topological polar surface area (TPSA) is 59.9 Å². The fourth-order valence-electron chi connectivity index (χ4n) is 2.45. The van der Waals surface area contributed by atoms with Crippen LogP contribution in [0.1, 0.15) is 49.2 Å². The highest BCUT2D eigenvalue weighted by Crippen LogP contribution is 2.27. The number of carbonyl (C=O) groups excluding carboxylic acids is 1. The molecule has 138 valence electrons. The molecule has 0 aliphatic carbocycles. The maximum Gasteiger partial charge on any atom is 0.271 e. The summed E-state index contributed by atoms with van der Waals surface area (Å²) in [6, 6.07) is 13.1. The van der Waals surface area contributed by atoms with Gasteiger partial charge < -0.3 is 9.47 Å². The van der Waals surface area contributed by atoms with Gasteiger partial charge in [-0.2, -0.15) is 5.10 Å². The molecule has 0 unspecified atom stereocenters. The van der Waals surface area contributed by atoms with E-state index in [1.807, 2.05) is 43.3 Å². The average Bonchev–Trinajstić information content (AvgIpc) is 2.64. The Morgan fingerprint density at radius 3 is 2.04 bits per heavy atom. The molecule has 26 heavy (non-hydrogen) atoms. The molecule has 5 heteroatoms. The van der Waals surface area contributed by atoms with Gasteiger partial charge in [0.15, 0.2) is 11.5 Å². The molecule has 0 heterocycles. The number of hydrazone groups is 1. The summed E-state index contributed by atoms with van der Waals surface area (Å²) in [5.74, 6) is 1.01. The van der Waals surface area contributed by atoms with Crippen LogP contribution in [0.4, 0.5) is 0 Å². The van der Waals surface area contributed by atoms with E-state index >= 15 is 0 Å². The SMILES string of the molecule is COc1ccc(C(C)=NNC(=O)c2ccc(C(C)(C)C)cc2)cc1OC. The van der Waals surface area contributed by atoms with E-state index in [0.717, 1.165) is 5.56 Å². The summed E-state index contributed by atoms with van der Waals surface area (Å²) in [7, 11) is 3.17. The summed E-state index contributed by atoms with van der Waals surface area (Å²) in [6.07, 6.45) is 0. The molecule has 0 bridgehead atoms. The van der Waals surface area contributed by atoms with Crippen molar-refractivity contribution >= 4 is 11.6 Å². The van der Waals surface area contributed by atoms with E-state index in [-0.39, 0.29) is 11.3 Å². The first kappa shape index (κ1) is 19.5. The third-order valence-electron chi connectivity index (χ3n) is 4.14. The molecule has 2 aromatic carbocycles. The lowest BCUT2D eigenvalue weighted by atomic mass is 9.87. The second-order valence-corrected chi connectivity index (χ2v) is 7.04. The van der Waals surface area contributed by atoms with Crippen LogP contribution in [0.15, 0.2) is 47.6 Å². The maximum atomic E-state index is 12.3. The van der Waals surface area contributed by atoms with E-state index in [1.54, 1.807) is 20.3 Å². The molecule has 2 rings (SSSR count). The Balaban J connectivity index is 2.12. The lowest BCUT2D eigenvalue weighted by molar-refractivity contribution is 0.0955. The predicted octanol–water partition coefficient (Wildman–Crippen LogP) is 4.16. The Morgan fingerprint density at radius 1 is 0.923 bits per heavy atom. The third-order valence-corrected chi connectivity index (χ3v) is 4.14. The second kappa shape index (κ2) is 8.04. The summed E-state index contributed by atoms with van der Waals surface area (Å²) >= 11 is 0. The van der Waals surface area contributed by atoms with Crippen molar-refractivity contribution in [1.29, 1.82) is 0 Å². The molecular formula is C21H26N2O3.